The minimum Gasteiger partial charge on any atom is -0.342 e. The Morgan fingerprint density at radius 3 is 2.58 bits per heavy atom. The van der Waals surface area contributed by atoms with Gasteiger partial charge < -0.3 is 10.6 Å². The molecule has 7 heteroatoms. The van der Waals surface area contributed by atoms with Crippen molar-refractivity contribution in [2.24, 2.45) is 5.73 Å². The highest BCUT2D eigenvalue weighted by Crippen LogP contribution is 2.28. The highest BCUT2D eigenvalue weighted by atomic mass is 35.5. The van der Waals surface area contributed by atoms with Gasteiger partial charge in [0.05, 0.1) is 12.1 Å². The molecule has 0 aliphatic heterocycles. The Bertz CT molecular complexity index is 377. The second-order valence-corrected chi connectivity index (χ2v) is 4.86. The van der Waals surface area contributed by atoms with Crippen LogP contribution in [-0.2, 0) is 11.3 Å². The molecule has 0 unspecified atom stereocenters. The van der Waals surface area contributed by atoms with Crippen LogP contribution in [0.15, 0.2) is 18.5 Å². The van der Waals surface area contributed by atoms with E-state index in [4.69, 9.17) is 5.73 Å². The van der Waals surface area contributed by atoms with Crippen LogP contribution in [-0.4, -0.2) is 39.7 Å². The van der Waals surface area contributed by atoms with Gasteiger partial charge in [-0.3, -0.25) is 9.48 Å². The number of hydrogen-bond acceptors (Lipinski definition) is 3. The number of halogens is 2. The number of nitrogens with zero attached hydrogens (tertiary/aromatic N) is 3. The average Bonchev–Trinajstić information content (AvgIpc) is 2.96. The highest BCUT2D eigenvalue weighted by Gasteiger charge is 2.38. The van der Waals surface area contributed by atoms with Crippen molar-refractivity contribution < 1.29 is 4.79 Å². The van der Waals surface area contributed by atoms with Crippen molar-refractivity contribution in [2.75, 3.05) is 13.6 Å². The summed E-state index contributed by atoms with van der Waals surface area (Å²) in [6, 6.07) is 1.88. The van der Waals surface area contributed by atoms with Gasteiger partial charge in [-0.1, -0.05) is 12.8 Å². The largest absolute Gasteiger partial charge is 0.342 e. The van der Waals surface area contributed by atoms with Gasteiger partial charge in [-0.05, 0) is 18.9 Å². The molecule has 0 saturated heterocycles. The molecule has 5 nitrogen and oxygen atoms in total. The van der Waals surface area contributed by atoms with Crippen LogP contribution in [0.25, 0.3) is 0 Å². The molecular weight excluding hydrogens is 287 g/mol. The van der Waals surface area contributed by atoms with Gasteiger partial charge >= 0.3 is 0 Å². The summed E-state index contributed by atoms with van der Waals surface area (Å²) in [7, 11) is 1.82. The smallest absolute Gasteiger partial charge is 0.242 e. The molecule has 0 atom stereocenters. The summed E-state index contributed by atoms with van der Waals surface area (Å²) in [6.07, 6.45) is 7.40. The van der Waals surface area contributed by atoms with Crippen molar-refractivity contribution in [3.63, 3.8) is 0 Å². The van der Waals surface area contributed by atoms with Crippen LogP contribution < -0.4 is 5.73 Å². The zero-order valence-corrected chi connectivity index (χ0v) is 12.8. The Morgan fingerprint density at radius 1 is 1.42 bits per heavy atom. The van der Waals surface area contributed by atoms with Gasteiger partial charge in [-0.25, -0.2) is 0 Å². The van der Waals surface area contributed by atoms with Crippen LogP contribution in [0.5, 0.6) is 0 Å². The number of likely N-dealkylation sites (N-methyl/N-ethyl adjacent to an activating group) is 1. The van der Waals surface area contributed by atoms with Gasteiger partial charge in [0.15, 0.2) is 0 Å². The molecule has 1 aliphatic carbocycles. The van der Waals surface area contributed by atoms with Crippen molar-refractivity contribution in [1.29, 1.82) is 0 Å². The van der Waals surface area contributed by atoms with E-state index in [9.17, 15) is 4.79 Å². The van der Waals surface area contributed by atoms with Crippen molar-refractivity contribution in [1.82, 2.24) is 14.7 Å². The summed E-state index contributed by atoms with van der Waals surface area (Å²) in [6.45, 7) is 1.37. The summed E-state index contributed by atoms with van der Waals surface area (Å²) in [5, 5.41) is 4.11. The van der Waals surface area contributed by atoms with E-state index in [1.54, 1.807) is 11.1 Å². The molecule has 1 aliphatic rings. The van der Waals surface area contributed by atoms with E-state index >= 15 is 0 Å². The number of nitrogens with two attached hydrogens (primary N) is 1. The average molecular weight is 309 g/mol. The molecule has 1 aromatic rings. The summed E-state index contributed by atoms with van der Waals surface area (Å²) < 4.78 is 1.82. The van der Waals surface area contributed by atoms with Crippen LogP contribution >= 0.6 is 24.8 Å². The predicted molar refractivity (Wildman–Crippen MR) is 79.7 cm³/mol. The molecule has 2 N–H and O–H groups in total. The fourth-order valence-corrected chi connectivity index (χ4v) is 2.39. The summed E-state index contributed by atoms with van der Waals surface area (Å²) in [5.41, 5.74) is 5.53. The molecular formula is C12H22Cl2N4O. The molecule has 0 aromatic carbocycles. The van der Waals surface area contributed by atoms with Gasteiger partial charge in [0.2, 0.25) is 5.91 Å². The van der Waals surface area contributed by atoms with Gasteiger partial charge in [-0.2, -0.15) is 5.10 Å². The maximum Gasteiger partial charge on any atom is 0.242 e. The van der Waals surface area contributed by atoms with Crippen LogP contribution in [0.4, 0.5) is 0 Å². The van der Waals surface area contributed by atoms with Crippen molar-refractivity contribution in [3.8, 4) is 0 Å². The number of rotatable bonds is 4. The van der Waals surface area contributed by atoms with E-state index in [1.807, 2.05) is 24.0 Å². The Balaban J connectivity index is 0.00000162. The second kappa shape index (κ2) is 7.72. The minimum absolute atomic E-state index is 0. The first-order chi connectivity index (χ1) is 8.12. The summed E-state index contributed by atoms with van der Waals surface area (Å²) in [5.74, 6) is 0.0714. The van der Waals surface area contributed by atoms with E-state index in [2.05, 4.69) is 5.10 Å². The lowest BCUT2D eigenvalue weighted by Crippen LogP contribution is -2.52. The first kappa shape index (κ1) is 18.2. The maximum absolute atomic E-state index is 12.2. The zero-order chi connectivity index (χ0) is 12.3. The predicted octanol–water partition coefficient (Wildman–Crippen LogP) is 1.46. The van der Waals surface area contributed by atoms with E-state index in [0.29, 0.717) is 13.1 Å². The third kappa shape index (κ3) is 4.37. The maximum atomic E-state index is 12.2. The number of amides is 1. The Kier molecular flexibility index (Phi) is 7.41. The lowest BCUT2D eigenvalue weighted by molar-refractivity contribution is -0.135. The first-order valence-corrected chi connectivity index (χ1v) is 6.14. The van der Waals surface area contributed by atoms with Crippen LogP contribution in [0, 0.1) is 0 Å². The molecule has 0 radical (unpaired) electrons. The quantitative estimate of drug-likeness (QED) is 0.916. The molecule has 1 saturated carbocycles. The Hall–Kier alpha value is -0.780. The van der Waals surface area contributed by atoms with Crippen LogP contribution in [0.2, 0.25) is 0 Å². The van der Waals surface area contributed by atoms with Crippen molar-refractivity contribution >= 4 is 30.7 Å². The zero-order valence-electron chi connectivity index (χ0n) is 11.1. The Morgan fingerprint density at radius 2 is 2.05 bits per heavy atom. The molecule has 2 rings (SSSR count). The SMILES string of the molecule is CN(CCn1cccn1)C(=O)C1(N)CCCC1.Cl.Cl. The molecule has 19 heavy (non-hydrogen) atoms. The van der Waals surface area contributed by atoms with Crippen LogP contribution in [0.1, 0.15) is 25.7 Å². The number of carbonyl (C=O) groups excluding carboxylic acids is 1. The van der Waals surface area contributed by atoms with Crippen molar-refractivity contribution in [3.05, 3.63) is 18.5 Å². The normalized spacial score (nSPS) is 16.3. The summed E-state index contributed by atoms with van der Waals surface area (Å²) in [4.78, 5) is 13.9. The number of aromatic nitrogens is 2. The monoisotopic (exact) mass is 308 g/mol. The molecule has 0 bridgehead atoms. The van der Waals surface area contributed by atoms with E-state index < -0.39 is 5.54 Å². The van der Waals surface area contributed by atoms with Gasteiger partial charge in [-0.15, -0.1) is 24.8 Å². The Labute approximate surface area is 126 Å². The lowest BCUT2D eigenvalue weighted by atomic mass is 9.97. The van der Waals surface area contributed by atoms with Gasteiger partial charge in [0.1, 0.15) is 0 Å². The molecule has 1 fully saturated rings. The molecule has 1 amide bonds. The standard InChI is InChI=1S/C12H20N4O.2ClH/c1-15(9-10-16-8-4-7-14-16)11(17)12(13)5-2-3-6-12;;/h4,7-8H,2-3,5-6,9-10,13H2,1H3;2*1H. The van der Waals surface area contributed by atoms with Crippen molar-refractivity contribution in [2.45, 2.75) is 37.8 Å². The third-order valence-corrected chi connectivity index (χ3v) is 3.49. The van der Waals surface area contributed by atoms with E-state index in [1.165, 1.54) is 0 Å². The second-order valence-electron chi connectivity index (χ2n) is 4.86. The lowest BCUT2D eigenvalue weighted by Gasteiger charge is -2.28. The fraction of sp³-hybridized carbons (Fsp3) is 0.667. The van der Waals surface area contributed by atoms with Gasteiger partial charge in [0, 0.05) is 26.0 Å². The summed E-state index contributed by atoms with van der Waals surface area (Å²) >= 11 is 0. The number of hydrogen-bond donors (Lipinski definition) is 1. The molecule has 0 spiro atoms. The fourth-order valence-electron chi connectivity index (χ4n) is 2.39. The number of carbonyl (C=O) groups is 1. The third-order valence-electron chi connectivity index (χ3n) is 3.49. The minimum atomic E-state index is -0.612. The molecule has 1 aromatic heterocycles. The van der Waals surface area contributed by atoms with E-state index in [-0.39, 0.29) is 30.7 Å². The molecule has 1 heterocycles. The highest BCUT2D eigenvalue weighted by molar-refractivity contribution is 5.86. The van der Waals surface area contributed by atoms with Crippen LogP contribution in [0.3, 0.4) is 0 Å². The first-order valence-electron chi connectivity index (χ1n) is 6.14. The van der Waals surface area contributed by atoms with E-state index in [0.717, 1.165) is 25.7 Å². The van der Waals surface area contributed by atoms with Gasteiger partial charge in [0.25, 0.3) is 0 Å². The molecule has 110 valence electrons. The topological polar surface area (TPSA) is 64.2 Å².